The van der Waals surface area contributed by atoms with Gasteiger partial charge in [-0.3, -0.25) is 0 Å². The molecule has 0 saturated carbocycles. The van der Waals surface area contributed by atoms with E-state index in [2.05, 4.69) is 14.8 Å². The van der Waals surface area contributed by atoms with Gasteiger partial charge in [-0.2, -0.15) is 0 Å². The van der Waals surface area contributed by atoms with E-state index in [1.165, 1.54) is 11.0 Å². The first-order chi connectivity index (χ1) is 10.2. The number of rotatable bonds is 5. The number of benzene rings is 1. The van der Waals surface area contributed by atoms with E-state index in [9.17, 15) is 14.0 Å². The van der Waals surface area contributed by atoms with Crippen molar-refractivity contribution in [2.24, 2.45) is 5.73 Å². The van der Waals surface area contributed by atoms with Crippen molar-refractivity contribution in [3.63, 3.8) is 0 Å². The van der Waals surface area contributed by atoms with Crippen LogP contribution in [0.5, 0.6) is 0 Å². The van der Waals surface area contributed by atoms with Crippen LogP contribution in [0.2, 0.25) is 14.8 Å². The fraction of sp³-hybridized carbons (Fsp3) is 0.467. The number of halogens is 1. The first-order valence-electron chi connectivity index (χ1n) is 7.25. The summed E-state index contributed by atoms with van der Waals surface area (Å²) in [5.41, 5.74) is 5.72. The van der Waals surface area contributed by atoms with Gasteiger partial charge in [-0.05, 0) is 0 Å². The van der Waals surface area contributed by atoms with E-state index in [-0.39, 0.29) is 18.3 Å². The van der Waals surface area contributed by atoms with Crippen molar-refractivity contribution in [3.05, 3.63) is 24.0 Å². The average Bonchev–Trinajstić information content (AvgIpc) is 2.75. The molecule has 1 heterocycles. The van der Waals surface area contributed by atoms with Gasteiger partial charge >= 0.3 is 133 Å². The summed E-state index contributed by atoms with van der Waals surface area (Å²) in [4.78, 5) is 30.7. The van der Waals surface area contributed by atoms with Crippen LogP contribution in [0.15, 0.2) is 18.2 Å². The number of amides is 2. The van der Waals surface area contributed by atoms with Gasteiger partial charge in [-0.25, -0.2) is 0 Å². The zero-order chi connectivity index (χ0) is 16.5. The van der Waals surface area contributed by atoms with E-state index in [1.807, 2.05) is 0 Å². The third kappa shape index (κ3) is 3.71. The number of nitrogens with two attached hydrogens (primary N) is 1. The third-order valence-corrected chi connectivity index (χ3v) is 9.31. The summed E-state index contributed by atoms with van der Waals surface area (Å²) in [7, 11) is 0. The van der Waals surface area contributed by atoms with E-state index in [0.717, 1.165) is 0 Å². The number of ether oxygens (including phenoxy) is 1. The van der Waals surface area contributed by atoms with Gasteiger partial charge in [-0.15, -0.1) is 0 Å². The van der Waals surface area contributed by atoms with Gasteiger partial charge in [0.25, 0.3) is 0 Å². The van der Waals surface area contributed by atoms with Gasteiger partial charge in [0.15, 0.2) is 0 Å². The third-order valence-electron chi connectivity index (χ3n) is 3.62. The van der Waals surface area contributed by atoms with Crippen molar-refractivity contribution in [2.75, 3.05) is 11.4 Å². The molecule has 2 rings (SSSR count). The van der Waals surface area contributed by atoms with Crippen molar-refractivity contribution in [2.45, 2.75) is 33.8 Å². The fourth-order valence-electron chi connectivity index (χ4n) is 2.65. The minimum absolute atomic E-state index is 0.167. The van der Waals surface area contributed by atoms with Gasteiger partial charge in [-0.1, -0.05) is 0 Å². The van der Waals surface area contributed by atoms with Gasteiger partial charge in [0.1, 0.15) is 0 Å². The van der Waals surface area contributed by atoms with Crippen LogP contribution in [0.4, 0.5) is 14.9 Å². The molecule has 5 nitrogen and oxygen atoms in total. The summed E-state index contributed by atoms with van der Waals surface area (Å²) in [6, 6.07) is 4.81. The molecule has 120 valence electrons. The fourth-order valence-corrected chi connectivity index (χ4v) is 7.75. The van der Waals surface area contributed by atoms with E-state index >= 15 is 0 Å². The number of hydrogen-bond acceptors (Lipinski definition) is 3. The van der Waals surface area contributed by atoms with Crippen LogP contribution >= 0.6 is 0 Å². The number of cyclic esters (lactones) is 1. The zero-order valence-corrected chi connectivity index (χ0v) is 15.9. The Hall–Kier alpha value is -1.31. The quantitative estimate of drug-likeness (QED) is 0.748. The van der Waals surface area contributed by atoms with Crippen LogP contribution in [0.25, 0.3) is 0 Å². The molecule has 1 aliphatic rings. The van der Waals surface area contributed by atoms with Crippen LogP contribution < -0.4 is 14.2 Å². The van der Waals surface area contributed by atoms with E-state index in [4.69, 9.17) is 10.5 Å². The molecule has 1 aliphatic heterocycles. The Bertz CT molecular complexity index is 601. The number of anilines is 1. The van der Waals surface area contributed by atoms with E-state index in [0.29, 0.717) is 22.2 Å². The SMILES string of the molecule is [CH3][Sn]([CH3])([CH3])[c]1c(F)cccc1N1C[C@H](CCC(N)=O)OC1=O. The van der Waals surface area contributed by atoms with Crippen molar-refractivity contribution in [1.29, 1.82) is 0 Å². The molecule has 22 heavy (non-hydrogen) atoms. The number of primary amides is 1. The molecule has 1 fully saturated rings. The number of nitrogens with zero attached hydrogens (tertiary/aromatic N) is 1. The maximum absolute atomic E-state index is 14.3. The van der Waals surface area contributed by atoms with Crippen LogP contribution in [0.3, 0.4) is 0 Å². The summed E-state index contributed by atoms with van der Waals surface area (Å²) < 4.78 is 20.2. The Labute approximate surface area is 133 Å². The standard InChI is InChI=1S/C12H12FN2O3.3CH3.Sn/c13-8-2-1-3-9(6-8)15-7-10(18-12(15)17)4-5-11(14)16;;;;/h1-3,10H,4-5,7H2,(H2,14,16);3*1H3;/t10-;;;;/m0..../s1. The molecular formula is C15H21FN2O3Sn. The van der Waals surface area contributed by atoms with Crippen molar-refractivity contribution >= 4 is 39.6 Å². The average molecular weight is 415 g/mol. The summed E-state index contributed by atoms with van der Waals surface area (Å²) in [5, 5.41) is 0. The second-order valence-corrected chi connectivity index (χ2v) is 20.8. The first-order valence-corrected chi connectivity index (χ1v) is 17.2. The Morgan fingerprint density at radius 2 is 2.14 bits per heavy atom. The van der Waals surface area contributed by atoms with Gasteiger partial charge < -0.3 is 0 Å². The molecule has 2 amide bonds. The van der Waals surface area contributed by atoms with Gasteiger partial charge in [0.05, 0.1) is 0 Å². The molecule has 7 heteroatoms. The molecule has 0 unspecified atom stereocenters. The Kier molecular flexibility index (Phi) is 4.99. The molecule has 0 radical (unpaired) electrons. The maximum atomic E-state index is 14.3. The molecule has 1 atom stereocenters. The van der Waals surface area contributed by atoms with Crippen molar-refractivity contribution in [3.8, 4) is 0 Å². The molecule has 1 aromatic rings. The zero-order valence-electron chi connectivity index (χ0n) is 13.1. The Morgan fingerprint density at radius 3 is 2.73 bits per heavy atom. The first kappa shape index (κ1) is 17.0. The second kappa shape index (κ2) is 6.44. The Morgan fingerprint density at radius 1 is 1.45 bits per heavy atom. The molecule has 2 N–H and O–H groups in total. The monoisotopic (exact) mass is 416 g/mol. The summed E-state index contributed by atoms with van der Waals surface area (Å²) >= 11 is -2.76. The summed E-state index contributed by atoms with van der Waals surface area (Å²) in [5.74, 6) is -0.680. The normalized spacial score (nSPS) is 18.5. The number of carbonyl (C=O) groups excluding carboxylic acids is 2. The Balaban J connectivity index is 2.27. The van der Waals surface area contributed by atoms with E-state index in [1.54, 1.807) is 12.1 Å². The van der Waals surface area contributed by atoms with Crippen molar-refractivity contribution in [1.82, 2.24) is 0 Å². The van der Waals surface area contributed by atoms with Crippen LogP contribution in [0.1, 0.15) is 12.8 Å². The predicted molar refractivity (Wildman–Crippen MR) is 85.4 cm³/mol. The van der Waals surface area contributed by atoms with Crippen LogP contribution in [-0.2, 0) is 9.53 Å². The van der Waals surface area contributed by atoms with Gasteiger partial charge in [0, 0.05) is 0 Å². The number of carbonyl (C=O) groups is 2. The summed E-state index contributed by atoms with van der Waals surface area (Å²) in [6.45, 7) is 0.324. The molecule has 0 aliphatic carbocycles. The molecule has 1 aromatic carbocycles. The van der Waals surface area contributed by atoms with Crippen molar-refractivity contribution < 1.29 is 18.7 Å². The molecule has 1 saturated heterocycles. The molecular weight excluding hydrogens is 394 g/mol. The van der Waals surface area contributed by atoms with Crippen LogP contribution in [0, 0.1) is 5.82 Å². The minimum atomic E-state index is -2.76. The summed E-state index contributed by atoms with van der Waals surface area (Å²) in [6.07, 6.45) is -0.315. The second-order valence-electron chi connectivity index (χ2n) is 6.51. The topological polar surface area (TPSA) is 72.6 Å². The van der Waals surface area contributed by atoms with Gasteiger partial charge in [0.2, 0.25) is 0 Å². The number of hydrogen-bond donors (Lipinski definition) is 1. The van der Waals surface area contributed by atoms with Crippen LogP contribution in [-0.4, -0.2) is 43.0 Å². The molecule has 0 aromatic heterocycles. The molecule has 0 spiro atoms. The molecule has 0 bridgehead atoms. The predicted octanol–water partition coefficient (Wildman–Crippen LogP) is 1.96. The van der Waals surface area contributed by atoms with E-state index < -0.39 is 30.4 Å².